The third-order valence-electron chi connectivity index (χ3n) is 8.75. The maximum absolute atomic E-state index is 13.5. The van der Waals surface area contributed by atoms with Gasteiger partial charge in [0.05, 0.1) is 23.0 Å². The molecule has 6 rings (SSSR count). The number of imidazole rings is 1. The third kappa shape index (κ3) is 3.46. The highest BCUT2D eigenvalue weighted by molar-refractivity contribution is 5.85. The summed E-state index contributed by atoms with van der Waals surface area (Å²) in [7, 11) is 2.06. The topological polar surface area (TPSA) is 143 Å². The van der Waals surface area contributed by atoms with Crippen molar-refractivity contribution in [2.75, 3.05) is 20.1 Å². The maximum Gasteiger partial charge on any atom is 0.334 e. The molecule has 2 aliphatic carbocycles. The van der Waals surface area contributed by atoms with Gasteiger partial charge in [0.1, 0.15) is 17.6 Å². The summed E-state index contributed by atoms with van der Waals surface area (Å²) in [4.78, 5) is 35.1. The largest absolute Gasteiger partial charge is 0.481 e. The van der Waals surface area contributed by atoms with E-state index in [1.807, 2.05) is 6.92 Å². The minimum Gasteiger partial charge on any atom is -0.481 e. The van der Waals surface area contributed by atoms with Crippen LogP contribution in [0.4, 0.5) is 0 Å². The van der Waals surface area contributed by atoms with Gasteiger partial charge in [0, 0.05) is 43.6 Å². The minimum atomic E-state index is -1.05. The van der Waals surface area contributed by atoms with Crippen molar-refractivity contribution in [3.63, 3.8) is 0 Å². The molecule has 1 amide bonds. The van der Waals surface area contributed by atoms with Gasteiger partial charge < -0.3 is 35.5 Å². The molecule has 1 spiro atoms. The van der Waals surface area contributed by atoms with Crippen LogP contribution in [0.5, 0.6) is 5.75 Å². The Bertz CT molecular complexity index is 1280. The van der Waals surface area contributed by atoms with E-state index in [-0.39, 0.29) is 31.3 Å². The molecule has 2 aliphatic heterocycles. The van der Waals surface area contributed by atoms with Crippen LogP contribution in [0.25, 0.3) is 0 Å². The number of rotatable bonds is 7. The quantitative estimate of drug-likeness (QED) is 0.400. The number of carbonyl (C=O) groups is 2. The molecule has 2 aromatic rings. The van der Waals surface area contributed by atoms with Crippen molar-refractivity contribution in [2.24, 2.45) is 5.73 Å². The van der Waals surface area contributed by atoms with E-state index in [1.54, 1.807) is 12.3 Å². The Kier molecular flexibility index (Phi) is 5.66. The van der Waals surface area contributed by atoms with E-state index in [1.165, 1.54) is 11.9 Å². The molecular formula is C27H33N5O5. The second-order valence-corrected chi connectivity index (χ2v) is 10.7. The first-order valence-electron chi connectivity index (χ1n) is 12.9. The third-order valence-corrected chi connectivity index (χ3v) is 8.75. The van der Waals surface area contributed by atoms with Crippen LogP contribution in [0, 0.1) is 6.92 Å². The van der Waals surface area contributed by atoms with E-state index in [9.17, 15) is 14.7 Å². The van der Waals surface area contributed by atoms with Crippen LogP contribution >= 0.6 is 0 Å². The minimum absolute atomic E-state index is 0.0648. The number of aliphatic hydroxyl groups is 1. The van der Waals surface area contributed by atoms with Crippen LogP contribution in [0.3, 0.4) is 0 Å². The summed E-state index contributed by atoms with van der Waals surface area (Å²) >= 11 is 0. The summed E-state index contributed by atoms with van der Waals surface area (Å²) in [5, 5.41) is 15.0. The van der Waals surface area contributed by atoms with Gasteiger partial charge in [-0.15, -0.1) is 0 Å². The molecule has 0 saturated carbocycles. The first-order valence-corrected chi connectivity index (χ1v) is 12.9. The average molecular weight is 508 g/mol. The van der Waals surface area contributed by atoms with E-state index in [2.05, 4.69) is 39.4 Å². The maximum atomic E-state index is 13.5. The molecule has 1 saturated heterocycles. The number of H-pyrrole nitrogens is 1. The van der Waals surface area contributed by atoms with Crippen molar-refractivity contribution in [3.8, 4) is 5.75 Å². The van der Waals surface area contributed by atoms with Crippen LogP contribution in [-0.2, 0) is 32.6 Å². The zero-order valence-electron chi connectivity index (χ0n) is 21.1. The predicted molar refractivity (Wildman–Crippen MR) is 134 cm³/mol. The normalized spacial score (nSPS) is 30.1. The molecule has 2 bridgehead atoms. The second kappa shape index (κ2) is 8.68. The molecule has 4 aliphatic rings. The van der Waals surface area contributed by atoms with Gasteiger partial charge in [-0.1, -0.05) is 12.1 Å². The highest BCUT2D eigenvalue weighted by Crippen LogP contribution is 2.64. The summed E-state index contributed by atoms with van der Waals surface area (Å²) < 4.78 is 12.6. The number of likely N-dealkylation sites (tertiary alicyclic amines) is 1. The summed E-state index contributed by atoms with van der Waals surface area (Å²) in [6, 6.07) is 3.19. The van der Waals surface area contributed by atoms with Crippen molar-refractivity contribution in [3.05, 3.63) is 58.9 Å². The number of esters is 1. The summed E-state index contributed by atoms with van der Waals surface area (Å²) in [5.74, 6) is 0.248. The Balaban J connectivity index is 1.35. The van der Waals surface area contributed by atoms with Crippen molar-refractivity contribution in [1.82, 2.24) is 20.2 Å². The Morgan fingerprint density at radius 3 is 3.03 bits per heavy atom. The second-order valence-electron chi connectivity index (χ2n) is 10.7. The molecule has 10 nitrogen and oxygen atoms in total. The monoisotopic (exact) mass is 507 g/mol. The lowest BCUT2D eigenvalue weighted by Gasteiger charge is -2.61. The number of aromatic nitrogens is 2. The molecule has 196 valence electrons. The van der Waals surface area contributed by atoms with Crippen molar-refractivity contribution < 1.29 is 24.2 Å². The standard InChI is InChI=1S/C27H33N5O5/c1-15-3-4-16-11-20-27(35)7-5-19(24-26(27,8-10-32(20)2)22(16)23(15)37-24)36-25(34)18(31-21(33)6-9-28)12-17-13-29-14-30-17/h3-5,13-14,18,20,24,35H,6-12,28H2,1-2H3,(H,29,30)(H,31,33)/t18-,20+,24-,26-,27+/m0/s1. The van der Waals surface area contributed by atoms with Gasteiger partial charge in [-0.25, -0.2) is 9.78 Å². The number of nitrogens with two attached hydrogens (primary N) is 1. The highest BCUT2D eigenvalue weighted by Gasteiger charge is 2.71. The van der Waals surface area contributed by atoms with Gasteiger partial charge in [0.25, 0.3) is 0 Å². The number of nitrogens with one attached hydrogen (secondary N) is 2. The Labute approximate surface area is 215 Å². The number of ether oxygens (including phenoxy) is 2. The predicted octanol–water partition coefficient (Wildman–Crippen LogP) is 0.615. The van der Waals surface area contributed by atoms with Crippen LogP contribution < -0.4 is 15.8 Å². The Hall–Kier alpha value is -3.21. The van der Waals surface area contributed by atoms with E-state index in [4.69, 9.17) is 15.2 Å². The molecule has 10 heteroatoms. The number of aromatic amines is 1. The van der Waals surface area contributed by atoms with E-state index in [0.29, 0.717) is 24.3 Å². The number of hydrogen-bond acceptors (Lipinski definition) is 8. The molecule has 5 atom stereocenters. The van der Waals surface area contributed by atoms with Gasteiger partial charge in [-0.2, -0.15) is 0 Å². The highest BCUT2D eigenvalue weighted by atomic mass is 16.6. The van der Waals surface area contributed by atoms with Crippen LogP contribution in [0.1, 0.15) is 41.6 Å². The number of amides is 1. The lowest BCUT2D eigenvalue weighted by molar-refractivity contribution is -0.170. The van der Waals surface area contributed by atoms with Gasteiger partial charge in [0.15, 0.2) is 6.10 Å². The first kappa shape index (κ1) is 24.1. The van der Waals surface area contributed by atoms with Crippen molar-refractivity contribution in [2.45, 2.75) is 68.2 Å². The number of benzene rings is 1. The van der Waals surface area contributed by atoms with Crippen LogP contribution in [0.2, 0.25) is 0 Å². The summed E-state index contributed by atoms with van der Waals surface area (Å²) in [6.45, 7) is 2.98. The summed E-state index contributed by atoms with van der Waals surface area (Å²) in [5.41, 5.74) is 7.65. The van der Waals surface area contributed by atoms with Crippen molar-refractivity contribution in [1.29, 1.82) is 0 Å². The SMILES string of the molecule is Cc1ccc2c3c1O[C@H]1C(OC(=O)[C@H](Cc4c[nH]cn4)NC(=O)CCN)=CC[C@@]4(O)[C@@H](C2)N(C)CC[C@]314. The van der Waals surface area contributed by atoms with Gasteiger partial charge >= 0.3 is 5.97 Å². The lowest BCUT2D eigenvalue weighted by Crippen LogP contribution is -2.74. The van der Waals surface area contributed by atoms with E-state index in [0.717, 1.165) is 29.8 Å². The Morgan fingerprint density at radius 1 is 1.43 bits per heavy atom. The van der Waals surface area contributed by atoms with E-state index < -0.39 is 29.1 Å². The number of hydrogen-bond donors (Lipinski definition) is 4. The van der Waals surface area contributed by atoms with Crippen molar-refractivity contribution >= 4 is 11.9 Å². The Morgan fingerprint density at radius 2 is 2.27 bits per heavy atom. The first-order chi connectivity index (χ1) is 17.8. The molecule has 1 aromatic carbocycles. The molecule has 1 aromatic heterocycles. The molecule has 5 N–H and O–H groups in total. The average Bonchev–Trinajstić information content (AvgIpc) is 3.50. The fourth-order valence-corrected chi connectivity index (χ4v) is 6.98. The smallest absolute Gasteiger partial charge is 0.334 e. The molecule has 37 heavy (non-hydrogen) atoms. The number of likely N-dealkylation sites (N-methyl/N-ethyl adjacent to an activating group) is 1. The zero-order valence-corrected chi connectivity index (χ0v) is 21.1. The number of carbonyl (C=O) groups excluding carboxylic acids is 2. The van der Waals surface area contributed by atoms with Crippen LogP contribution in [0.15, 0.2) is 36.5 Å². The molecule has 1 fully saturated rings. The molecule has 3 heterocycles. The zero-order chi connectivity index (χ0) is 25.9. The van der Waals surface area contributed by atoms with Gasteiger partial charge in [-0.05, 0) is 50.6 Å². The number of aryl methyl sites for hydroxylation is 1. The molecule has 0 unspecified atom stereocenters. The molecule has 0 radical (unpaired) electrons. The van der Waals surface area contributed by atoms with Crippen LogP contribution in [-0.4, -0.2) is 75.8 Å². The van der Waals surface area contributed by atoms with Gasteiger partial charge in [0.2, 0.25) is 5.91 Å². The van der Waals surface area contributed by atoms with E-state index >= 15 is 0 Å². The number of piperidine rings is 1. The fraction of sp³-hybridized carbons (Fsp3) is 0.519. The lowest BCUT2D eigenvalue weighted by atomic mass is 9.50. The molecular weight excluding hydrogens is 474 g/mol. The van der Waals surface area contributed by atoms with Gasteiger partial charge in [-0.3, -0.25) is 4.79 Å². The number of nitrogens with zero attached hydrogens (tertiary/aromatic N) is 2. The fourth-order valence-electron chi connectivity index (χ4n) is 6.98. The summed E-state index contributed by atoms with van der Waals surface area (Å²) in [6.07, 6.45) is 6.41.